The van der Waals surface area contributed by atoms with E-state index in [2.05, 4.69) is 5.32 Å². The molecule has 4 rings (SSSR count). The van der Waals surface area contributed by atoms with Crippen LogP contribution in [-0.2, 0) is 9.59 Å². The van der Waals surface area contributed by atoms with Gasteiger partial charge in [-0.15, -0.1) is 0 Å². The molecule has 3 amide bonds. The maximum atomic E-state index is 13.3. The van der Waals surface area contributed by atoms with Crippen LogP contribution in [-0.4, -0.2) is 59.7 Å². The molecule has 7 heteroatoms. The standard InChI is InChI=1S/C23H30FN3O3/c24-19-8-6-17(7-9-19)21(28)25-20(23(30)26-12-2-1-3-13-26)16-10-14-27(15-11-16)22(29)18-4-5-18/h6-9,16,18,20H,1-5,10-15H2,(H,25,28). The van der Waals surface area contributed by atoms with Crippen molar-refractivity contribution in [1.29, 1.82) is 0 Å². The van der Waals surface area contributed by atoms with Crippen LogP contribution in [0.15, 0.2) is 24.3 Å². The summed E-state index contributed by atoms with van der Waals surface area (Å²) in [4.78, 5) is 42.3. The monoisotopic (exact) mass is 415 g/mol. The average Bonchev–Trinajstić information content (AvgIpc) is 3.63. The average molecular weight is 416 g/mol. The molecule has 2 saturated heterocycles. The van der Waals surface area contributed by atoms with Gasteiger partial charge in [-0.1, -0.05) is 0 Å². The minimum Gasteiger partial charge on any atom is -0.342 e. The fraction of sp³-hybridized carbons (Fsp3) is 0.609. The summed E-state index contributed by atoms with van der Waals surface area (Å²) >= 11 is 0. The third-order valence-electron chi connectivity index (χ3n) is 6.58. The third-order valence-corrected chi connectivity index (χ3v) is 6.58. The molecule has 0 radical (unpaired) electrons. The molecule has 162 valence electrons. The van der Waals surface area contributed by atoms with Crippen LogP contribution in [0.5, 0.6) is 0 Å². The number of benzene rings is 1. The van der Waals surface area contributed by atoms with Crippen LogP contribution in [0.2, 0.25) is 0 Å². The number of carbonyl (C=O) groups is 3. The summed E-state index contributed by atoms with van der Waals surface area (Å²) in [5.41, 5.74) is 0.342. The van der Waals surface area contributed by atoms with E-state index in [1.165, 1.54) is 24.3 Å². The van der Waals surface area contributed by atoms with Crippen molar-refractivity contribution < 1.29 is 18.8 Å². The molecule has 3 aliphatic rings. The molecule has 1 aromatic carbocycles. The molecule has 30 heavy (non-hydrogen) atoms. The predicted octanol–water partition coefficient (Wildman–Crippen LogP) is 2.59. The van der Waals surface area contributed by atoms with Crippen molar-refractivity contribution in [1.82, 2.24) is 15.1 Å². The lowest BCUT2D eigenvalue weighted by Gasteiger charge is -2.38. The second-order valence-corrected chi connectivity index (χ2v) is 8.78. The first-order chi connectivity index (χ1) is 14.5. The summed E-state index contributed by atoms with van der Waals surface area (Å²) in [6.45, 7) is 2.72. The van der Waals surface area contributed by atoms with Crippen LogP contribution in [0.25, 0.3) is 0 Å². The van der Waals surface area contributed by atoms with Gasteiger partial charge in [0, 0.05) is 37.7 Å². The third kappa shape index (κ3) is 4.82. The lowest BCUT2D eigenvalue weighted by atomic mass is 9.87. The van der Waals surface area contributed by atoms with Gasteiger partial charge in [0.1, 0.15) is 11.9 Å². The highest BCUT2D eigenvalue weighted by Crippen LogP contribution is 2.33. The number of piperidine rings is 2. The zero-order valence-corrected chi connectivity index (χ0v) is 17.3. The first-order valence-electron chi connectivity index (χ1n) is 11.2. The lowest BCUT2D eigenvalue weighted by molar-refractivity contribution is -0.137. The summed E-state index contributed by atoms with van der Waals surface area (Å²) < 4.78 is 13.2. The quantitative estimate of drug-likeness (QED) is 0.804. The van der Waals surface area contributed by atoms with Crippen LogP contribution in [0.3, 0.4) is 0 Å². The Kier molecular flexibility index (Phi) is 6.35. The molecule has 1 N–H and O–H groups in total. The molecule has 2 aliphatic heterocycles. The highest BCUT2D eigenvalue weighted by Gasteiger charge is 2.39. The number of amides is 3. The van der Waals surface area contributed by atoms with E-state index in [0.29, 0.717) is 31.5 Å². The number of rotatable bonds is 5. The minimum atomic E-state index is -0.612. The summed E-state index contributed by atoms with van der Waals surface area (Å²) in [6.07, 6.45) is 6.47. The van der Waals surface area contributed by atoms with Gasteiger partial charge in [-0.25, -0.2) is 4.39 Å². The second-order valence-electron chi connectivity index (χ2n) is 8.78. The molecule has 1 aliphatic carbocycles. The summed E-state index contributed by atoms with van der Waals surface area (Å²) in [5, 5.41) is 2.94. The predicted molar refractivity (Wildman–Crippen MR) is 110 cm³/mol. The number of carbonyl (C=O) groups excluding carboxylic acids is 3. The Balaban J connectivity index is 1.45. The van der Waals surface area contributed by atoms with E-state index in [-0.39, 0.29) is 29.6 Å². The normalized spacial score (nSPS) is 21.2. The molecule has 1 unspecified atom stereocenters. The first kappa shape index (κ1) is 20.8. The fourth-order valence-corrected chi connectivity index (χ4v) is 4.56. The summed E-state index contributed by atoms with van der Waals surface area (Å²) in [5.74, 6) is -0.362. The van der Waals surface area contributed by atoms with Crippen molar-refractivity contribution in [3.63, 3.8) is 0 Å². The van der Waals surface area contributed by atoms with Gasteiger partial charge < -0.3 is 15.1 Å². The Morgan fingerprint density at radius 2 is 1.50 bits per heavy atom. The van der Waals surface area contributed by atoms with Crippen molar-refractivity contribution in [2.75, 3.05) is 26.2 Å². The number of hydrogen-bond acceptors (Lipinski definition) is 3. The van der Waals surface area contributed by atoms with Gasteiger partial charge in [0.15, 0.2) is 0 Å². The van der Waals surface area contributed by atoms with Crippen molar-refractivity contribution in [2.24, 2.45) is 11.8 Å². The Morgan fingerprint density at radius 1 is 0.867 bits per heavy atom. The van der Waals surface area contributed by atoms with E-state index in [0.717, 1.165) is 45.2 Å². The van der Waals surface area contributed by atoms with Gasteiger partial charge in [0.2, 0.25) is 11.8 Å². The lowest BCUT2D eigenvalue weighted by Crippen LogP contribution is -2.55. The molecule has 1 aromatic rings. The number of hydrogen-bond donors (Lipinski definition) is 1. The molecular formula is C23H30FN3O3. The number of halogens is 1. The van der Waals surface area contributed by atoms with Gasteiger partial charge in [-0.05, 0) is 75.1 Å². The maximum Gasteiger partial charge on any atom is 0.251 e. The van der Waals surface area contributed by atoms with E-state index in [9.17, 15) is 18.8 Å². The van der Waals surface area contributed by atoms with Crippen LogP contribution in [0.1, 0.15) is 55.3 Å². The van der Waals surface area contributed by atoms with Crippen molar-refractivity contribution in [3.05, 3.63) is 35.6 Å². The molecule has 1 saturated carbocycles. The SMILES string of the molecule is O=C(NC(C(=O)N1CCCCC1)C1CCN(C(=O)C2CC2)CC1)c1ccc(F)cc1. The summed E-state index contributed by atoms with van der Waals surface area (Å²) in [7, 11) is 0. The highest BCUT2D eigenvalue weighted by atomic mass is 19.1. The topological polar surface area (TPSA) is 69.7 Å². The van der Waals surface area contributed by atoms with E-state index < -0.39 is 11.9 Å². The van der Waals surface area contributed by atoms with Gasteiger partial charge in [-0.2, -0.15) is 0 Å². The molecule has 0 spiro atoms. The minimum absolute atomic E-state index is 0.00734. The van der Waals surface area contributed by atoms with E-state index in [4.69, 9.17) is 0 Å². The molecule has 1 atom stereocenters. The van der Waals surface area contributed by atoms with E-state index in [1.54, 1.807) is 0 Å². The van der Waals surface area contributed by atoms with Crippen molar-refractivity contribution >= 4 is 17.7 Å². The van der Waals surface area contributed by atoms with Gasteiger partial charge in [-0.3, -0.25) is 14.4 Å². The molecule has 2 heterocycles. The molecular weight excluding hydrogens is 385 g/mol. The fourth-order valence-electron chi connectivity index (χ4n) is 4.56. The zero-order chi connectivity index (χ0) is 21.1. The summed E-state index contributed by atoms with van der Waals surface area (Å²) in [6, 6.07) is 4.75. The zero-order valence-electron chi connectivity index (χ0n) is 17.3. The molecule has 0 aromatic heterocycles. The molecule has 6 nitrogen and oxygen atoms in total. The van der Waals surface area contributed by atoms with Gasteiger partial charge in [0.25, 0.3) is 5.91 Å². The van der Waals surface area contributed by atoms with Gasteiger partial charge >= 0.3 is 0 Å². The molecule has 0 bridgehead atoms. The van der Waals surface area contributed by atoms with Crippen LogP contribution in [0, 0.1) is 17.7 Å². The molecule has 3 fully saturated rings. The Hall–Kier alpha value is -2.44. The Labute approximate surface area is 176 Å². The van der Waals surface area contributed by atoms with Crippen molar-refractivity contribution in [2.45, 2.75) is 51.0 Å². The number of nitrogens with zero attached hydrogens (tertiary/aromatic N) is 2. The van der Waals surface area contributed by atoms with Crippen LogP contribution >= 0.6 is 0 Å². The van der Waals surface area contributed by atoms with Crippen LogP contribution < -0.4 is 5.32 Å². The first-order valence-corrected chi connectivity index (χ1v) is 11.2. The van der Waals surface area contributed by atoms with Crippen molar-refractivity contribution in [3.8, 4) is 0 Å². The number of likely N-dealkylation sites (tertiary alicyclic amines) is 2. The number of nitrogens with one attached hydrogen (secondary N) is 1. The van der Waals surface area contributed by atoms with Crippen LogP contribution in [0.4, 0.5) is 4.39 Å². The van der Waals surface area contributed by atoms with E-state index in [1.807, 2.05) is 9.80 Å². The Bertz CT molecular complexity index is 779. The van der Waals surface area contributed by atoms with E-state index >= 15 is 0 Å². The Morgan fingerprint density at radius 3 is 2.10 bits per heavy atom. The second kappa shape index (κ2) is 9.14. The largest absolute Gasteiger partial charge is 0.342 e. The highest BCUT2D eigenvalue weighted by molar-refractivity contribution is 5.97. The maximum absolute atomic E-state index is 13.3. The van der Waals surface area contributed by atoms with Gasteiger partial charge in [0.05, 0.1) is 0 Å². The smallest absolute Gasteiger partial charge is 0.251 e.